The van der Waals surface area contributed by atoms with Crippen molar-refractivity contribution in [2.45, 2.75) is 64.2 Å². The second-order valence-corrected chi connectivity index (χ2v) is 4.39. The van der Waals surface area contributed by atoms with E-state index in [0.29, 0.717) is 6.42 Å². The lowest BCUT2D eigenvalue weighted by molar-refractivity contribution is -0.118. The van der Waals surface area contributed by atoms with Gasteiger partial charge in [-0.25, -0.2) is 0 Å². The molecule has 0 rings (SSSR count). The summed E-state index contributed by atoms with van der Waals surface area (Å²) >= 11 is 0. The average Bonchev–Trinajstić information content (AvgIpc) is 2.25. The van der Waals surface area contributed by atoms with E-state index in [1.165, 1.54) is 44.9 Å². The fraction of sp³-hybridized carbons (Fsp3) is 0.923. The molecule has 0 saturated carbocycles. The molecule has 0 atom stereocenters. The van der Waals surface area contributed by atoms with Crippen LogP contribution in [0.1, 0.15) is 64.2 Å². The van der Waals surface area contributed by atoms with Gasteiger partial charge in [0.1, 0.15) is 0 Å². The lowest BCUT2D eigenvalue weighted by atomic mass is 10.1. The topological polar surface area (TPSA) is 52.3 Å². The summed E-state index contributed by atoms with van der Waals surface area (Å²) in [5.74, 6) is -0.168. The van der Waals surface area contributed by atoms with Crippen LogP contribution in [0.25, 0.3) is 0 Å². The molecule has 3 heteroatoms. The van der Waals surface area contributed by atoms with Gasteiger partial charge in [0.05, 0.1) is 0 Å². The Morgan fingerprint density at radius 3 is 1.75 bits per heavy atom. The van der Waals surface area contributed by atoms with E-state index in [4.69, 9.17) is 10.5 Å². The molecule has 0 heterocycles. The Morgan fingerprint density at radius 1 is 0.875 bits per heavy atom. The second kappa shape index (κ2) is 12.5. The van der Waals surface area contributed by atoms with Crippen LogP contribution in [-0.4, -0.2) is 19.6 Å². The Balaban J connectivity index is 2.90. The molecule has 0 fully saturated rings. The van der Waals surface area contributed by atoms with Gasteiger partial charge in [-0.3, -0.25) is 4.79 Å². The third-order valence-electron chi connectivity index (χ3n) is 2.77. The van der Waals surface area contributed by atoms with Gasteiger partial charge in [0.2, 0.25) is 5.91 Å². The van der Waals surface area contributed by atoms with Gasteiger partial charge in [-0.1, -0.05) is 44.9 Å². The molecular weight excluding hydrogens is 202 g/mol. The molecule has 16 heavy (non-hydrogen) atoms. The van der Waals surface area contributed by atoms with E-state index in [-0.39, 0.29) is 5.91 Å². The van der Waals surface area contributed by atoms with Crippen molar-refractivity contribution in [3.8, 4) is 0 Å². The monoisotopic (exact) mass is 229 g/mol. The van der Waals surface area contributed by atoms with Crippen LogP contribution >= 0.6 is 0 Å². The lowest BCUT2D eigenvalue weighted by Crippen LogP contribution is -2.09. The molecular formula is C13H27NO2. The van der Waals surface area contributed by atoms with E-state index in [1.807, 2.05) is 0 Å². The smallest absolute Gasteiger partial charge is 0.217 e. The van der Waals surface area contributed by atoms with Crippen LogP contribution in [-0.2, 0) is 9.53 Å². The molecule has 0 aromatic heterocycles. The Bertz CT molecular complexity index is 160. The predicted molar refractivity (Wildman–Crippen MR) is 67.2 cm³/mol. The minimum atomic E-state index is -0.168. The fourth-order valence-corrected chi connectivity index (χ4v) is 1.78. The first-order chi connectivity index (χ1) is 7.77. The molecule has 0 aromatic rings. The van der Waals surface area contributed by atoms with Gasteiger partial charge in [-0.15, -0.1) is 0 Å². The molecule has 0 aliphatic rings. The van der Waals surface area contributed by atoms with Gasteiger partial charge in [0, 0.05) is 20.1 Å². The fourth-order valence-electron chi connectivity index (χ4n) is 1.78. The number of carbonyl (C=O) groups excluding carboxylic acids is 1. The number of unbranched alkanes of at least 4 members (excludes halogenated alkanes) is 8. The Hall–Kier alpha value is -0.570. The van der Waals surface area contributed by atoms with E-state index in [9.17, 15) is 4.79 Å². The average molecular weight is 229 g/mol. The maximum atomic E-state index is 10.5. The first-order valence-electron chi connectivity index (χ1n) is 6.54. The van der Waals surface area contributed by atoms with Gasteiger partial charge < -0.3 is 10.5 Å². The Kier molecular flexibility index (Phi) is 12.1. The number of rotatable bonds is 12. The van der Waals surface area contributed by atoms with E-state index < -0.39 is 0 Å². The molecule has 0 radical (unpaired) electrons. The first-order valence-corrected chi connectivity index (χ1v) is 6.54. The summed E-state index contributed by atoms with van der Waals surface area (Å²) in [5, 5.41) is 0. The number of hydrogen-bond acceptors (Lipinski definition) is 2. The molecule has 96 valence electrons. The minimum absolute atomic E-state index is 0.168. The number of nitrogens with two attached hydrogens (primary N) is 1. The number of hydrogen-bond donors (Lipinski definition) is 1. The van der Waals surface area contributed by atoms with Crippen molar-refractivity contribution >= 4 is 5.91 Å². The van der Waals surface area contributed by atoms with Crippen LogP contribution in [0.2, 0.25) is 0 Å². The standard InChI is InChI=1S/C13H27NO2/c1-16-12-10-8-6-4-2-3-5-7-9-11-13(14)15/h2-12H2,1H3,(H2,14,15). The molecule has 0 aromatic carbocycles. The third kappa shape index (κ3) is 13.4. The molecule has 0 saturated heterocycles. The predicted octanol–water partition coefficient (Wildman–Crippen LogP) is 3.02. The van der Waals surface area contributed by atoms with Crippen LogP contribution < -0.4 is 5.73 Å². The van der Waals surface area contributed by atoms with Gasteiger partial charge in [-0.05, 0) is 12.8 Å². The van der Waals surface area contributed by atoms with Gasteiger partial charge >= 0.3 is 0 Å². The molecule has 0 unspecified atom stereocenters. The lowest BCUT2D eigenvalue weighted by Gasteiger charge is -2.01. The highest BCUT2D eigenvalue weighted by Gasteiger charge is 1.95. The summed E-state index contributed by atoms with van der Waals surface area (Å²) in [6, 6.07) is 0. The summed E-state index contributed by atoms with van der Waals surface area (Å²) < 4.78 is 5.00. The zero-order valence-corrected chi connectivity index (χ0v) is 10.7. The van der Waals surface area contributed by atoms with Crippen molar-refractivity contribution in [1.82, 2.24) is 0 Å². The van der Waals surface area contributed by atoms with Crippen molar-refractivity contribution in [2.24, 2.45) is 5.73 Å². The zero-order chi connectivity index (χ0) is 12.1. The summed E-state index contributed by atoms with van der Waals surface area (Å²) in [6.45, 7) is 0.896. The largest absolute Gasteiger partial charge is 0.385 e. The van der Waals surface area contributed by atoms with Crippen molar-refractivity contribution in [2.75, 3.05) is 13.7 Å². The van der Waals surface area contributed by atoms with E-state index in [2.05, 4.69) is 0 Å². The molecule has 3 nitrogen and oxygen atoms in total. The van der Waals surface area contributed by atoms with Crippen LogP contribution in [0.15, 0.2) is 0 Å². The van der Waals surface area contributed by atoms with Gasteiger partial charge in [0.15, 0.2) is 0 Å². The number of primary amides is 1. The number of carbonyl (C=O) groups is 1. The summed E-state index contributed by atoms with van der Waals surface area (Å²) in [5.41, 5.74) is 5.06. The number of methoxy groups -OCH3 is 1. The maximum absolute atomic E-state index is 10.5. The van der Waals surface area contributed by atoms with Crippen LogP contribution in [0.5, 0.6) is 0 Å². The van der Waals surface area contributed by atoms with E-state index in [1.54, 1.807) is 7.11 Å². The van der Waals surface area contributed by atoms with E-state index >= 15 is 0 Å². The zero-order valence-electron chi connectivity index (χ0n) is 10.7. The molecule has 0 spiro atoms. The Labute approximate surface area is 99.7 Å². The highest BCUT2D eigenvalue weighted by molar-refractivity contribution is 5.73. The van der Waals surface area contributed by atoms with Crippen molar-refractivity contribution in [1.29, 1.82) is 0 Å². The highest BCUT2D eigenvalue weighted by atomic mass is 16.5. The summed E-state index contributed by atoms with van der Waals surface area (Å²) in [4.78, 5) is 10.5. The summed E-state index contributed by atoms with van der Waals surface area (Å²) in [7, 11) is 1.76. The highest BCUT2D eigenvalue weighted by Crippen LogP contribution is 2.10. The quantitative estimate of drug-likeness (QED) is 0.523. The SMILES string of the molecule is COCCCCCCCCCCCC(N)=O. The Morgan fingerprint density at radius 2 is 1.31 bits per heavy atom. The maximum Gasteiger partial charge on any atom is 0.217 e. The van der Waals surface area contributed by atoms with E-state index in [0.717, 1.165) is 19.4 Å². The van der Waals surface area contributed by atoms with Crippen molar-refractivity contribution in [3.63, 3.8) is 0 Å². The number of amides is 1. The first kappa shape index (κ1) is 15.4. The van der Waals surface area contributed by atoms with Gasteiger partial charge in [-0.2, -0.15) is 0 Å². The van der Waals surface area contributed by atoms with Crippen LogP contribution in [0, 0.1) is 0 Å². The molecule has 0 aliphatic heterocycles. The van der Waals surface area contributed by atoms with Crippen LogP contribution in [0.4, 0.5) is 0 Å². The van der Waals surface area contributed by atoms with Gasteiger partial charge in [0.25, 0.3) is 0 Å². The molecule has 0 aliphatic carbocycles. The summed E-state index contributed by atoms with van der Waals surface area (Å²) in [6.07, 6.45) is 11.7. The molecule has 0 bridgehead atoms. The minimum Gasteiger partial charge on any atom is -0.385 e. The molecule has 1 amide bonds. The number of ether oxygens (including phenoxy) is 1. The normalized spacial score (nSPS) is 10.6. The molecule has 2 N–H and O–H groups in total. The van der Waals surface area contributed by atoms with Crippen molar-refractivity contribution < 1.29 is 9.53 Å². The second-order valence-electron chi connectivity index (χ2n) is 4.39. The van der Waals surface area contributed by atoms with Crippen LogP contribution in [0.3, 0.4) is 0 Å². The van der Waals surface area contributed by atoms with Crippen molar-refractivity contribution in [3.05, 3.63) is 0 Å². The third-order valence-corrected chi connectivity index (χ3v) is 2.77.